The van der Waals surface area contributed by atoms with Crippen LogP contribution in [-0.2, 0) is 6.42 Å². The highest BCUT2D eigenvalue weighted by atomic mass is 16.3. The van der Waals surface area contributed by atoms with E-state index >= 15 is 0 Å². The second-order valence-electron chi connectivity index (χ2n) is 7.04. The quantitative estimate of drug-likeness (QED) is 0.642. The lowest BCUT2D eigenvalue weighted by Crippen LogP contribution is -2.59. The zero-order chi connectivity index (χ0) is 17.6. The Morgan fingerprint density at radius 1 is 1.20 bits per heavy atom. The molecule has 0 bridgehead atoms. The normalized spacial score (nSPS) is 22.7. The molecule has 5 heteroatoms. The predicted octanol–water partition coefficient (Wildman–Crippen LogP) is 2.16. The van der Waals surface area contributed by atoms with Crippen LogP contribution in [0.4, 0.5) is 0 Å². The molecule has 0 radical (unpaired) electrons. The minimum Gasteiger partial charge on any atom is -0.377 e. The molecule has 3 rings (SSSR count). The molecule has 0 aliphatic carbocycles. The Morgan fingerprint density at radius 3 is 2.80 bits per heavy atom. The van der Waals surface area contributed by atoms with Gasteiger partial charge in [0.25, 0.3) is 0 Å². The maximum Gasteiger partial charge on any atom is 0.123 e. The number of hydrogen-bond acceptors (Lipinski definition) is 4. The Labute approximate surface area is 150 Å². The van der Waals surface area contributed by atoms with Crippen molar-refractivity contribution in [3.8, 4) is 0 Å². The Bertz CT molecular complexity index is 656. The smallest absolute Gasteiger partial charge is 0.123 e. The van der Waals surface area contributed by atoms with E-state index in [1.807, 2.05) is 0 Å². The number of rotatable bonds is 8. The molecule has 2 atom stereocenters. The van der Waals surface area contributed by atoms with E-state index < -0.39 is 0 Å². The summed E-state index contributed by atoms with van der Waals surface area (Å²) in [4.78, 5) is 8.02. The molecule has 1 aliphatic heterocycles. The first-order valence-electron chi connectivity index (χ1n) is 9.65. The third-order valence-electron chi connectivity index (χ3n) is 5.57. The van der Waals surface area contributed by atoms with Gasteiger partial charge < -0.3 is 15.8 Å². The van der Waals surface area contributed by atoms with Gasteiger partial charge >= 0.3 is 0 Å². The SMILES string of the molecule is CCN1CCN(CCc2c[nH]c3ccccc23)C(O)[C@@H]1CCCCN. The summed E-state index contributed by atoms with van der Waals surface area (Å²) in [6.07, 6.45) is 5.84. The maximum atomic E-state index is 10.9. The third-order valence-corrected chi connectivity index (χ3v) is 5.57. The summed E-state index contributed by atoms with van der Waals surface area (Å²) in [5, 5.41) is 12.2. The fraction of sp³-hybridized carbons (Fsp3) is 0.600. The van der Waals surface area contributed by atoms with Crippen molar-refractivity contribution in [3.63, 3.8) is 0 Å². The number of aliphatic hydroxyl groups is 1. The Hall–Kier alpha value is -1.40. The van der Waals surface area contributed by atoms with Crippen molar-refractivity contribution < 1.29 is 5.11 Å². The first kappa shape index (κ1) is 18.4. The topological polar surface area (TPSA) is 68.5 Å². The standard InChI is InChI=1S/C20H32N4O/c1-2-23-13-14-24(20(25)19(23)9-5-6-11-21)12-10-16-15-22-18-8-4-3-7-17(16)18/h3-4,7-8,15,19-20,22,25H,2,5-6,9-14,21H2,1H3/t19-,20?/m0/s1. The number of fused-ring (bicyclic) bond motifs is 1. The lowest BCUT2D eigenvalue weighted by molar-refractivity contribution is -0.0980. The highest BCUT2D eigenvalue weighted by molar-refractivity contribution is 5.83. The van der Waals surface area contributed by atoms with Crippen molar-refractivity contribution in [3.05, 3.63) is 36.0 Å². The largest absolute Gasteiger partial charge is 0.377 e. The molecule has 2 heterocycles. The van der Waals surface area contributed by atoms with Crippen molar-refractivity contribution in [2.75, 3.05) is 32.7 Å². The highest BCUT2D eigenvalue weighted by Gasteiger charge is 2.33. The van der Waals surface area contributed by atoms with Crippen LogP contribution in [0, 0.1) is 0 Å². The number of likely N-dealkylation sites (N-methyl/N-ethyl adjacent to an activating group) is 1. The average Bonchev–Trinajstić information content (AvgIpc) is 3.05. The molecule has 0 amide bonds. The van der Waals surface area contributed by atoms with Gasteiger partial charge in [-0.25, -0.2) is 0 Å². The van der Waals surface area contributed by atoms with Crippen LogP contribution in [0.15, 0.2) is 30.5 Å². The number of unbranched alkanes of at least 4 members (excludes halogenated alkanes) is 1. The van der Waals surface area contributed by atoms with Crippen LogP contribution in [0.1, 0.15) is 31.7 Å². The summed E-state index contributed by atoms with van der Waals surface area (Å²) in [5.74, 6) is 0. The molecule has 0 spiro atoms. The monoisotopic (exact) mass is 344 g/mol. The first-order chi connectivity index (χ1) is 12.2. The summed E-state index contributed by atoms with van der Waals surface area (Å²) >= 11 is 0. The van der Waals surface area contributed by atoms with Crippen molar-refractivity contribution in [2.45, 2.75) is 44.9 Å². The van der Waals surface area contributed by atoms with Gasteiger partial charge in [-0.3, -0.25) is 9.80 Å². The minimum atomic E-state index is -0.378. The van der Waals surface area contributed by atoms with Crippen LogP contribution in [0.25, 0.3) is 10.9 Å². The molecule has 1 aliphatic rings. The van der Waals surface area contributed by atoms with Crippen molar-refractivity contribution in [1.82, 2.24) is 14.8 Å². The minimum absolute atomic E-state index is 0.230. The van der Waals surface area contributed by atoms with E-state index in [0.717, 1.165) is 58.4 Å². The number of benzene rings is 1. The number of para-hydroxylation sites is 1. The van der Waals surface area contributed by atoms with Gasteiger partial charge in [-0.05, 0) is 44.0 Å². The number of H-pyrrole nitrogens is 1. The van der Waals surface area contributed by atoms with Gasteiger partial charge in [0.05, 0.1) is 0 Å². The number of nitrogens with two attached hydrogens (primary N) is 1. The lowest BCUT2D eigenvalue weighted by Gasteiger charge is -2.45. The van der Waals surface area contributed by atoms with Crippen LogP contribution < -0.4 is 5.73 Å². The maximum absolute atomic E-state index is 10.9. The summed E-state index contributed by atoms with van der Waals surface area (Å²) in [6, 6.07) is 8.65. The van der Waals surface area contributed by atoms with Gasteiger partial charge in [0.2, 0.25) is 0 Å². The van der Waals surface area contributed by atoms with Crippen LogP contribution in [0.5, 0.6) is 0 Å². The van der Waals surface area contributed by atoms with Gasteiger partial charge in [0.1, 0.15) is 6.23 Å². The van der Waals surface area contributed by atoms with Gasteiger partial charge in [-0.15, -0.1) is 0 Å². The molecule has 1 aromatic heterocycles. The summed E-state index contributed by atoms with van der Waals surface area (Å²) < 4.78 is 0. The van der Waals surface area contributed by atoms with Crippen LogP contribution >= 0.6 is 0 Å². The Balaban J connectivity index is 1.61. The van der Waals surface area contributed by atoms with E-state index in [4.69, 9.17) is 5.73 Å². The van der Waals surface area contributed by atoms with E-state index in [1.165, 1.54) is 16.5 Å². The Morgan fingerprint density at radius 2 is 2.00 bits per heavy atom. The second-order valence-corrected chi connectivity index (χ2v) is 7.04. The molecule has 5 nitrogen and oxygen atoms in total. The van der Waals surface area contributed by atoms with E-state index in [-0.39, 0.29) is 12.3 Å². The lowest BCUT2D eigenvalue weighted by atomic mass is 10.0. The van der Waals surface area contributed by atoms with E-state index in [2.05, 4.69) is 52.2 Å². The second kappa shape index (κ2) is 8.81. The number of aliphatic hydroxyl groups excluding tert-OH is 1. The van der Waals surface area contributed by atoms with Crippen molar-refractivity contribution in [1.29, 1.82) is 0 Å². The van der Waals surface area contributed by atoms with Gasteiger partial charge in [0.15, 0.2) is 0 Å². The molecule has 1 aromatic carbocycles. The van der Waals surface area contributed by atoms with Crippen LogP contribution in [-0.4, -0.2) is 64.9 Å². The predicted molar refractivity (Wildman–Crippen MR) is 104 cm³/mol. The molecule has 1 saturated heterocycles. The summed E-state index contributed by atoms with van der Waals surface area (Å²) in [5.41, 5.74) is 8.15. The summed E-state index contributed by atoms with van der Waals surface area (Å²) in [6.45, 7) is 6.79. The number of hydrogen-bond donors (Lipinski definition) is 3. The van der Waals surface area contributed by atoms with E-state index in [9.17, 15) is 5.11 Å². The number of aromatic amines is 1. The zero-order valence-corrected chi connectivity index (χ0v) is 15.3. The molecule has 25 heavy (non-hydrogen) atoms. The van der Waals surface area contributed by atoms with Gasteiger partial charge in [-0.2, -0.15) is 0 Å². The molecule has 4 N–H and O–H groups in total. The molecule has 1 unspecified atom stereocenters. The number of nitrogens with one attached hydrogen (secondary N) is 1. The number of piperazine rings is 1. The Kier molecular flexibility index (Phi) is 6.48. The fourth-order valence-electron chi connectivity index (χ4n) is 4.06. The highest BCUT2D eigenvalue weighted by Crippen LogP contribution is 2.22. The average molecular weight is 345 g/mol. The molecule has 138 valence electrons. The van der Waals surface area contributed by atoms with Crippen molar-refractivity contribution >= 4 is 10.9 Å². The molecule has 2 aromatic rings. The summed E-state index contributed by atoms with van der Waals surface area (Å²) in [7, 11) is 0. The van der Waals surface area contributed by atoms with Gasteiger partial charge in [0, 0.05) is 42.8 Å². The molecule has 0 saturated carbocycles. The number of aromatic nitrogens is 1. The zero-order valence-electron chi connectivity index (χ0n) is 15.3. The van der Waals surface area contributed by atoms with Crippen molar-refractivity contribution in [2.24, 2.45) is 5.73 Å². The molecular formula is C20H32N4O. The van der Waals surface area contributed by atoms with E-state index in [0.29, 0.717) is 0 Å². The van der Waals surface area contributed by atoms with Gasteiger partial charge in [-0.1, -0.05) is 31.5 Å². The fourth-order valence-corrected chi connectivity index (χ4v) is 4.06. The van der Waals surface area contributed by atoms with Crippen LogP contribution in [0.3, 0.4) is 0 Å². The first-order valence-corrected chi connectivity index (χ1v) is 9.65. The third kappa shape index (κ3) is 4.23. The molecule has 1 fully saturated rings. The molecular weight excluding hydrogens is 312 g/mol. The van der Waals surface area contributed by atoms with E-state index in [1.54, 1.807) is 0 Å². The number of nitrogens with zero attached hydrogens (tertiary/aromatic N) is 2. The van der Waals surface area contributed by atoms with Crippen LogP contribution in [0.2, 0.25) is 0 Å².